The van der Waals surface area contributed by atoms with Crippen molar-refractivity contribution in [2.75, 3.05) is 36.9 Å². The summed E-state index contributed by atoms with van der Waals surface area (Å²) in [5.74, 6) is 1.61. The molecule has 0 saturated carbocycles. The minimum absolute atomic E-state index is 0.0808. The van der Waals surface area contributed by atoms with E-state index in [1.165, 1.54) is 5.82 Å². The molecule has 1 fully saturated rings. The van der Waals surface area contributed by atoms with Crippen molar-refractivity contribution < 1.29 is 9.53 Å². The number of allylic oxidation sites excluding steroid dienone is 2. The van der Waals surface area contributed by atoms with Crippen LogP contribution in [-0.2, 0) is 4.74 Å². The molecule has 0 bridgehead atoms. The second kappa shape index (κ2) is 9.59. The Morgan fingerprint density at radius 2 is 1.83 bits per heavy atom. The molecule has 3 aliphatic heterocycles. The highest BCUT2D eigenvalue weighted by Crippen LogP contribution is 2.29. The molecule has 2 aromatic heterocycles. The van der Waals surface area contributed by atoms with Crippen molar-refractivity contribution in [2.24, 2.45) is 0 Å². The third-order valence-electron chi connectivity index (χ3n) is 6.27. The summed E-state index contributed by atoms with van der Waals surface area (Å²) in [5, 5.41) is 16.3. The summed E-state index contributed by atoms with van der Waals surface area (Å²) in [4.78, 5) is 21.1. The number of urea groups is 1. The number of ether oxygens (including phenoxy) is 1. The summed E-state index contributed by atoms with van der Waals surface area (Å²) >= 11 is 0. The lowest BCUT2D eigenvalue weighted by Crippen LogP contribution is -2.45. The van der Waals surface area contributed by atoms with Gasteiger partial charge in [0.15, 0.2) is 5.82 Å². The van der Waals surface area contributed by atoms with Crippen LogP contribution in [0.5, 0.6) is 0 Å². The minimum atomic E-state index is -0.365. The molecular weight excluding hydrogens is 456 g/mol. The van der Waals surface area contributed by atoms with Gasteiger partial charge in [-0.05, 0) is 42.0 Å². The first-order chi connectivity index (χ1) is 17.7. The number of H-pyrrole nitrogens is 1. The van der Waals surface area contributed by atoms with Gasteiger partial charge in [-0.1, -0.05) is 18.2 Å². The van der Waals surface area contributed by atoms with Gasteiger partial charge >= 0.3 is 6.03 Å². The first-order valence-corrected chi connectivity index (χ1v) is 11.8. The molecule has 0 radical (unpaired) electrons. The Bertz CT molecular complexity index is 1320. The Morgan fingerprint density at radius 1 is 1.03 bits per heavy atom. The standard InChI is InChI=1S/C26H26N8O2/c35-26(30-23-16-21(31-32-23)19-8-10-27-11-9-19)28-20-6-4-18(5-7-20)22-17-34-24(29-22)2-1-3-25(34)33-12-14-36-15-13-33/h1-11,16-17,24,29H,12-15H2,(H3,28,30,31,32,35). The van der Waals surface area contributed by atoms with Crippen LogP contribution in [0.1, 0.15) is 5.56 Å². The van der Waals surface area contributed by atoms with E-state index >= 15 is 0 Å². The number of carbonyl (C=O) groups excluding carboxylic acids is 1. The summed E-state index contributed by atoms with van der Waals surface area (Å²) in [7, 11) is 0. The monoisotopic (exact) mass is 482 g/mol. The van der Waals surface area contributed by atoms with Crippen LogP contribution in [0.15, 0.2) is 85.1 Å². The summed E-state index contributed by atoms with van der Waals surface area (Å²) in [5.41, 5.74) is 4.50. The van der Waals surface area contributed by atoms with Gasteiger partial charge in [0.1, 0.15) is 12.0 Å². The molecule has 2 amide bonds. The van der Waals surface area contributed by atoms with Gasteiger partial charge in [0.25, 0.3) is 0 Å². The Hall–Kier alpha value is -4.57. The second-order valence-corrected chi connectivity index (χ2v) is 8.61. The van der Waals surface area contributed by atoms with Crippen molar-refractivity contribution >= 4 is 23.2 Å². The molecule has 36 heavy (non-hydrogen) atoms. The third-order valence-corrected chi connectivity index (χ3v) is 6.27. The summed E-state index contributed by atoms with van der Waals surface area (Å²) in [6.07, 6.45) is 12.0. The molecule has 10 nitrogen and oxygen atoms in total. The first kappa shape index (κ1) is 21.9. The fraction of sp³-hybridized carbons (Fsp3) is 0.192. The number of hydrogen-bond acceptors (Lipinski definition) is 7. The number of morpholine rings is 1. The quantitative estimate of drug-likeness (QED) is 0.441. The number of benzene rings is 1. The molecule has 1 saturated heterocycles. The van der Waals surface area contributed by atoms with Crippen molar-refractivity contribution in [3.63, 3.8) is 0 Å². The Kier molecular flexibility index (Phi) is 5.84. The van der Waals surface area contributed by atoms with Crippen LogP contribution in [0.4, 0.5) is 16.3 Å². The highest BCUT2D eigenvalue weighted by Gasteiger charge is 2.30. The summed E-state index contributed by atoms with van der Waals surface area (Å²) in [6.45, 7) is 3.27. The number of pyridine rings is 1. The average Bonchev–Trinajstić information content (AvgIpc) is 3.57. The van der Waals surface area contributed by atoms with Crippen LogP contribution >= 0.6 is 0 Å². The number of aromatic amines is 1. The highest BCUT2D eigenvalue weighted by molar-refractivity contribution is 5.99. The van der Waals surface area contributed by atoms with Gasteiger partial charge < -0.3 is 25.2 Å². The van der Waals surface area contributed by atoms with Crippen LogP contribution < -0.4 is 16.0 Å². The van der Waals surface area contributed by atoms with E-state index in [0.717, 1.165) is 48.8 Å². The Labute approximate surface area is 208 Å². The molecular formula is C26H26N8O2. The van der Waals surface area contributed by atoms with Gasteiger partial charge in [0.05, 0.1) is 24.6 Å². The first-order valence-electron chi connectivity index (χ1n) is 11.8. The van der Waals surface area contributed by atoms with Gasteiger partial charge in [0.2, 0.25) is 0 Å². The van der Waals surface area contributed by atoms with E-state index in [1.54, 1.807) is 18.5 Å². The maximum absolute atomic E-state index is 12.5. The lowest BCUT2D eigenvalue weighted by atomic mass is 10.1. The maximum Gasteiger partial charge on any atom is 0.324 e. The van der Waals surface area contributed by atoms with Crippen LogP contribution in [0, 0.1) is 0 Å². The number of hydrogen-bond donors (Lipinski definition) is 4. The Morgan fingerprint density at radius 3 is 2.64 bits per heavy atom. The molecule has 0 spiro atoms. The van der Waals surface area contributed by atoms with Crippen molar-refractivity contribution in [3.05, 3.63) is 90.7 Å². The topological polar surface area (TPSA) is 110 Å². The van der Waals surface area contributed by atoms with Crippen LogP contribution in [0.2, 0.25) is 0 Å². The molecule has 4 N–H and O–H groups in total. The van der Waals surface area contributed by atoms with Gasteiger partial charge in [-0.15, -0.1) is 0 Å². The fourth-order valence-electron chi connectivity index (χ4n) is 4.46. The van der Waals surface area contributed by atoms with Gasteiger partial charge in [0, 0.05) is 49.0 Å². The third kappa shape index (κ3) is 4.53. The van der Waals surface area contributed by atoms with Crippen molar-refractivity contribution in [1.29, 1.82) is 0 Å². The highest BCUT2D eigenvalue weighted by atomic mass is 16.5. The van der Waals surface area contributed by atoms with Crippen molar-refractivity contribution in [2.45, 2.75) is 6.17 Å². The van der Waals surface area contributed by atoms with Gasteiger partial charge in [-0.3, -0.25) is 15.4 Å². The van der Waals surface area contributed by atoms with E-state index in [1.807, 2.05) is 36.4 Å². The second-order valence-electron chi connectivity index (χ2n) is 8.61. The number of aromatic nitrogens is 3. The number of anilines is 2. The van der Waals surface area contributed by atoms with Crippen molar-refractivity contribution in [1.82, 2.24) is 30.3 Å². The smallest absolute Gasteiger partial charge is 0.324 e. The molecule has 3 aliphatic rings. The molecule has 6 rings (SSSR count). The van der Waals surface area contributed by atoms with E-state index < -0.39 is 0 Å². The number of fused-ring (bicyclic) bond motifs is 1. The van der Waals surface area contributed by atoms with Gasteiger partial charge in [-0.2, -0.15) is 5.10 Å². The number of nitrogens with one attached hydrogen (secondary N) is 4. The maximum atomic E-state index is 12.5. The van der Waals surface area contributed by atoms with E-state index in [4.69, 9.17) is 4.74 Å². The van der Waals surface area contributed by atoms with E-state index in [0.29, 0.717) is 11.5 Å². The fourth-order valence-corrected chi connectivity index (χ4v) is 4.46. The molecule has 1 atom stereocenters. The van der Waals surface area contributed by atoms with Crippen LogP contribution in [0.25, 0.3) is 17.0 Å². The normalized spacial score (nSPS) is 18.7. The Balaban J connectivity index is 1.09. The number of rotatable bonds is 5. The average molecular weight is 483 g/mol. The molecule has 1 aromatic carbocycles. The molecule has 1 unspecified atom stereocenters. The summed E-state index contributed by atoms with van der Waals surface area (Å²) < 4.78 is 5.51. The molecule has 0 aliphatic carbocycles. The molecule has 182 valence electrons. The number of nitrogens with zero attached hydrogens (tertiary/aromatic N) is 4. The predicted molar refractivity (Wildman–Crippen MR) is 137 cm³/mol. The molecule has 5 heterocycles. The van der Waals surface area contributed by atoms with E-state index in [2.05, 4.69) is 65.4 Å². The summed E-state index contributed by atoms with van der Waals surface area (Å²) in [6, 6.07) is 12.9. The van der Waals surface area contributed by atoms with E-state index in [9.17, 15) is 4.79 Å². The van der Waals surface area contributed by atoms with Gasteiger partial charge in [-0.25, -0.2) is 4.79 Å². The number of carbonyl (C=O) groups is 1. The van der Waals surface area contributed by atoms with E-state index in [-0.39, 0.29) is 12.2 Å². The van der Waals surface area contributed by atoms with Crippen LogP contribution in [-0.4, -0.2) is 63.5 Å². The lowest BCUT2D eigenvalue weighted by molar-refractivity contribution is 0.0400. The van der Waals surface area contributed by atoms with Crippen molar-refractivity contribution in [3.8, 4) is 11.3 Å². The molecule has 3 aromatic rings. The zero-order valence-electron chi connectivity index (χ0n) is 19.5. The molecule has 10 heteroatoms. The zero-order chi connectivity index (χ0) is 24.3. The SMILES string of the molecule is O=C(Nc1ccc(C2=CN3C(N4CCOCC4)=CC=CC3N2)cc1)Nc1cc(-c2ccncc2)[nH]n1. The minimum Gasteiger partial charge on any atom is -0.378 e. The predicted octanol–water partition coefficient (Wildman–Crippen LogP) is 3.39. The largest absolute Gasteiger partial charge is 0.378 e. The zero-order valence-corrected chi connectivity index (χ0v) is 19.5. The lowest BCUT2D eigenvalue weighted by Gasteiger charge is -2.38. The number of amides is 2. The van der Waals surface area contributed by atoms with Crippen LogP contribution in [0.3, 0.4) is 0 Å².